The topological polar surface area (TPSA) is 3.24 Å². The first-order valence-corrected chi connectivity index (χ1v) is 4.61. The van der Waals surface area contributed by atoms with Crippen molar-refractivity contribution in [3.8, 4) is 0 Å². The Morgan fingerprint density at radius 2 is 2.17 bits per heavy atom. The highest BCUT2D eigenvalue weighted by atomic mass is 79.9. The van der Waals surface area contributed by atoms with Crippen LogP contribution in [0.2, 0.25) is 0 Å². The van der Waals surface area contributed by atoms with E-state index in [-0.39, 0.29) is 5.82 Å². The van der Waals surface area contributed by atoms with E-state index >= 15 is 0 Å². The summed E-state index contributed by atoms with van der Waals surface area (Å²) in [6, 6.07) is 5.04. The average Bonchev–Trinajstić information content (AvgIpc) is 2.08. The van der Waals surface area contributed by atoms with Crippen LogP contribution in [0.3, 0.4) is 0 Å². The molecule has 1 rings (SSSR count). The minimum absolute atomic E-state index is 0.215. The second-order valence-corrected chi connectivity index (χ2v) is 3.38. The molecule has 0 N–H and O–H groups in total. The molecule has 0 atom stereocenters. The zero-order valence-corrected chi connectivity index (χ0v) is 8.73. The molecule has 1 aromatic rings. The van der Waals surface area contributed by atoms with E-state index in [4.69, 9.17) is 0 Å². The second kappa shape index (κ2) is 3.90. The third kappa shape index (κ3) is 1.78. The van der Waals surface area contributed by atoms with Gasteiger partial charge >= 0.3 is 0 Å². The van der Waals surface area contributed by atoms with Crippen LogP contribution < -0.4 is 4.90 Å². The maximum Gasteiger partial charge on any atom is 0.139 e. The van der Waals surface area contributed by atoms with E-state index in [2.05, 4.69) is 15.9 Å². The third-order valence-corrected chi connectivity index (χ3v) is 2.60. The van der Waals surface area contributed by atoms with Gasteiger partial charge in [0.05, 0.1) is 10.2 Å². The SMILES string of the molecule is CCN(C)c1cccc(F)c1Br. The molecule has 0 aliphatic rings. The van der Waals surface area contributed by atoms with Gasteiger partial charge in [-0.05, 0) is 35.0 Å². The smallest absolute Gasteiger partial charge is 0.139 e. The molecule has 1 nitrogen and oxygen atoms in total. The van der Waals surface area contributed by atoms with E-state index in [0.29, 0.717) is 4.47 Å². The van der Waals surface area contributed by atoms with Crippen molar-refractivity contribution in [2.45, 2.75) is 6.92 Å². The van der Waals surface area contributed by atoms with Crippen LogP contribution in [0.5, 0.6) is 0 Å². The van der Waals surface area contributed by atoms with Crippen molar-refractivity contribution in [3.63, 3.8) is 0 Å². The van der Waals surface area contributed by atoms with Crippen molar-refractivity contribution in [2.24, 2.45) is 0 Å². The summed E-state index contributed by atoms with van der Waals surface area (Å²) in [5, 5.41) is 0. The van der Waals surface area contributed by atoms with Crippen LogP contribution in [0, 0.1) is 5.82 Å². The fourth-order valence-electron chi connectivity index (χ4n) is 0.958. The van der Waals surface area contributed by atoms with Gasteiger partial charge in [0.1, 0.15) is 5.82 Å². The van der Waals surface area contributed by atoms with Crippen molar-refractivity contribution in [1.29, 1.82) is 0 Å². The molecule has 3 heteroatoms. The summed E-state index contributed by atoms with van der Waals surface area (Å²) in [6.07, 6.45) is 0. The first-order chi connectivity index (χ1) is 5.66. The Bertz CT molecular complexity index is 275. The molecule has 0 saturated carbocycles. The normalized spacial score (nSPS) is 10.0. The predicted octanol–water partition coefficient (Wildman–Crippen LogP) is 3.04. The van der Waals surface area contributed by atoms with Gasteiger partial charge in [-0.15, -0.1) is 0 Å². The number of benzene rings is 1. The van der Waals surface area contributed by atoms with Crippen molar-refractivity contribution >= 4 is 21.6 Å². The number of hydrogen-bond acceptors (Lipinski definition) is 1. The summed E-state index contributed by atoms with van der Waals surface area (Å²) >= 11 is 3.20. The van der Waals surface area contributed by atoms with Gasteiger partial charge in [0.15, 0.2) is 0 Å². The van der Waals surface area contributed by atoms with Crippen molar-refractivity contribution in [2.75, 3.05) is 18.5 Å². The van der Waals surface area contributed by atoms with Crippen LogP contribution in [0.15, 0.2) is 22.7 Å². The molecule has 0 heterocycles. The lowest BCUT2D eigenvalue weighted by atomic mass is 10.3. The second-order valence-electron chi connectivity index (χ2n) is 2.59. The van der Waals surface area contributed by atoms with Crippen LogP contribution in [0.1, 0.15) is 6.92 Å². The molecule has 0 amide bonds. The summed E-state index contributed by atoms with van der Waals surface area (Å²) in [4.78, 5) is 1.98. The molecule has 1 aromatic carbocycles. The minimum atomic E-state index is -0.215. The van der Waals surface area contributed by atoms with Gasteiger partial charge in [0.2, 0.25) is 0 Å². The van der Waals surface area contributed by atoms with Gasteiger partial charge in [-0.2, -0.15) is 0 Å². The van der Waals surface area contributed by atoms with E-state index in [1.54, 1.807) is 6.07 Å². The molecule has 0 aromatic heterocycles. The maximum absolute atomic E-state index is 13.0. The summed E-state index contributed by atoms with van der Waals surface area (Å²) in [5.74, 6) is -0.215. The maximum atomic E-state index is 13.0. The summed E-state index contributed by atoms with van der Waals surface area (Å²) in [7, 11) is 1.93. The van der Waals surface area contributed by atoms with E-state index < -0.39 is 0 Å². The molecule has 12 heavy (non-hydrogen) atoms. The van der Waals surface area contributed by atoms with Gasteiger partial charge in [0.25, 0.3) is 0 Å². The standard InChI is InChI=1S/C9H11BrFN/c1-3-12(2)8-6-4-5-7(11)9(8)10/h4-6H,3H2,1-2H3. The van der Waals surface area contributed by atoms with Gasteiger partial charge in [0, 0.05) is 13.6 Å². The Labute approximate surface area is 80.3 Å². The highest BCUT2D eigenvalue weighted by molar-refractivity contribution is 9.10. The fraction of sp³-hybridized carbons (Fsp3) is 0.333. The monoisotopic (exact) mass is 231 g/mol. The molecule has 0 spiro atoms. The highest BCUT2D eigenvalue weighted by Gasteiger charge is 2.06. The van der Waals surface area contributed by atoms with Crippen LogP contribution in [0.25, 0.3) is 0 Å². The zero-order valence-electron chi connectivity index (χ0n) is 7.14. The number of halogens is 2. The summed E-state index contributed by atoms with van der Waals surface area (Å²) < 4.78 is 13.5. The summed E-state index contributed by atoms with van der Waals surface area (Å²) in [6.45, 7) is 2.89. The van der Waals surface area contributed by atoms with E-state index in [9.17, 15) is 4.39 Å². The van der Waals surface area contributed by atoms with E-state index in [1.165, 1.54) is 6.07 Å². The first-order valence-electron chi connectivity index (χ1n) is 3.82. The lowest BCUT2D eigenvalue weighted by molar-refractivity contribution is 0.620. The first kappa shape index (κ1) is 9.52. The Hall–Kier alpha value is -0.570. The molecule has 66 valence electrons. The predicted molar refractivity (Wildman–Crippen MR) is 53.0 cm³/mol. The number of nitrogens with zero attached hydrogens (tertiary/aromatic N) is 1. The number of hydrogen-bond donors (Lipinski definition) is 0. The summed E-state index contributed by atoms with van der Waals surface area (Å²) in [5.41, 5.74) is 0.887. The fourth-order valence-corrected chi connectivity index (χ4v) is 1.52. The highest BCUT2D eigenvalue weighted by Crippen LogP contribution is 2.27. The van der Waals surface area contributed by atoms with E-state index in [0.717, 1.165) is 12.2 Å². The van der Waals surface area contributed by atoms with Crippen LogP contribution in [0.4, 0.5) is 10.1 Å². The Morgan fingerprint density at radius 1 is 1.50 bits per heavy atom. The zero-order chi connectivity index (χ0) is 9.14. The van der Waals surface area contributed by atoms with Crippen molar-refractivity contribution in [3.05, 3.63) is 28.5 Å². The van der Waals surface area contributed by atoms with Gasteiger partial charge < -0.3 is 4.90 Å². The average molecular weight is 232 g/mol. The molecular weight excluding hydrogens is 221 g/mol. The van der Waals surface area contributed by atoms with Crippen LogP contribution in [-0.2, 0) is 0 Å². The lowest BCUT2D eigenvalue weighted by Gasteiger charge is -2.18. The quantitative estimate of drug-likeness (QED) is 0.757. The van der Waals surface area contributed by atoms with Gasteiger partial charge in [-0.25, -0.2) is 4.39 Å². The number of anilines is 1. The molecule has 0 fully saturated rings. The third-order valence-electron chi connectivity index (χ3n) is 1.82. The molecule has 0 unspecified atom stereocenters. The molecule has 0 aliphatic carbocycles. The number of rotatable bonds is 2. The Morgan fingerprint density at radius 3 is 2.75 bits per heavy atom. The van der Waals surface area contributed by atoms with Crippen molar-refractivity contribution < 1.29 is 4.39 Å². The Kier molecular flexibility index (Phi) is 3.09. The minimum Gasteiger partial charge on any atom is -0.374 e. The van der Waals surface area contributed by atoms with Crippen molar-refractivity contribution in [1.82, 2.24) is 0 Å². The molecule has 0 saturated heterocycles. The molecule has 0 radical (unpaired) electrons. The van der Waals surface area contributed by atoms with Crippen LogP contribution in [-0.4, -0.2) is 13.6 Å². The lowest BCUT2D eigenvalue weighted by Crippen LogP contribution is -2.16. The van der Waals surface area contributed by atoms with E-state index in [1.807, 2.05) is 24.9 Å². The molecule has 0 bridgehead atoms. The largest absolute Gasteiger partial charge is 0.374 e. The Balaban J connectivity index is 3.07. The van der Waals surface area contributed by atoms with Crippen LogP contribution >= 0.6 is 15.9 Å². The van der Waals surface area contributed by atoms with Gasteiger partial charge in [-0.1, -0.05) is 6.07 Å². The van der Waals surface area contributed by atoms with Gasteiger partial charge in [-0.3, -0.25) is 0 Å². The molecular formula is C9H11BrFN. The molecule has 0 aliphatic heterocycles.